The molecule has 0 spiro atoms. The molecule has 0 bridgehead atoms. The second-order valence-electron chi connectivity index (χ2n) is 4.25. The molecule has 2 N–H and O–H groups in total. The van der Waals surface area contributed by atoms with Gasteiger partial charge in [0.15, 0.2) is 5.78 Å². The zero-order valence-electron chi connectivity index (χ0n) is 10.7. The predicted molar refractivity (Wildman–Crippen MR) is 72.0 cm³/mol. The van der Waals surface area contributed by atoms with Gasteiger partial charge in [-0.25, -0.2) is 4.39 Å². The summed E-state index contributed by atoms with van der Waals surface area (Å²) in [6, 6.07) is 9.17. The first kappa shape index (κ1) is 13.1. The molecule has 0 fully saturated rings. The molecular formula is C15H14FNO2. The second kappa shape index (κ2) is 5.10. The van der Waals surface area contributed by atoms with Crippen molar-refractivity contribution >= 4 is 11.5 Å². The zero-order chi connectivity index (χ0) is 14.0. The molecule has 0 aromatic heterocycles. The SMILES string of the molecule is COc1ccc(C(=O)c2ccc(C)c(F)c2)c(N)c1. The highest BCUT2D eigenvalue weighted by molar-refractivity contribution is 6.12. The van der Waals surface area contributed by atoms with Crippen molar-refractivity contribution in [2.24, 2.45) is 0 Å². The van der Waals surface area contributed by atoms with Gasteiger partial charge in [0.1, 0.15) is 11.6 Å². The van der Waals surface area contributed by atoms with Crippen LogP contribution in [-0.2, 0) is 0 Å². The standard InChI is InChI=1S/C15H14FNO2/c1-9-3-4-10(7-13(9)16)15(18)12-6-5-11(19-2)8-14(12)17/h3-8H,17H2,1-2H3. The number of halogens is 1. The molecule has 2 rings (SSSR count). The van der Waals surface area contributed by atoms with Gasteiger partial charge in [0.2, 0.25) is 0 Å². The Labute approximate surface area is 110 Å². The number of anilines is 1. The van der Waals surface area contributed by atoms with Crippen LogP contribution in [0.25, 0.3) is 0 Å². The molecule has 4 heteroatoms. The molecule has 0 unspecified atom stereocenters. The van der Waals surface area contributed by atoms with Crippen LogP contribution in [0.2, 0.25) is 0 Å². The normalized spacial score (nSPS) is 10.3. The summed E-state index contributed by atoms with van der Waals surface area (Å²) in [5, 5.41) is 0. The largest absolute Gasteiger partial charge is 0.497 e. The number of ketones is 1. The van der Waals surface area contributed by atoms with Crippen molar-refractivity contribution in [2.45, 2.75) is 6.92 Å². The Kier molecular flexibility index (Phi) is 3.51. The highest BCUT2D eigenvalue weighted by Gasteiger charge is 2.14. The second-order valence-corrected chi connectivity index (χ2v) is 4.25. The lowest BCUT2D eigenvalue weighted by Gasteiger charge is -2.08. The van der Waals surface area contributed by atoms with Gasteiger partial charge in [0.05, 0.1) is 7.11 Å². The van der Waals surface area contributed by atoms with E-state index in [1.54, 1.807) is 37.3 Å². The van der Waals surface area contributed by atoms with Gasteiger partial charge in [-0.15, -0.1) is 0 Å². The van der Waals surface area contributed by atoms with Crippen LogP contribution in [0.15, 0.2) is 36.4 Å². The van der Waals surface area contributed by atoms with Gasteiger partial charge in [0, 0.05) is 22.9 Å². The molecule has 98 valence electrons. The van der Waals surface area contributed by atoms with Gasteiger partial charge >= 0.3 is 0 Å². The first-order valence-electron chi connectivity index (χ1n) is 5.77. The summed E-state index contributed by atoms with van der Waals surface area (Å²) in [5.41, 5.74) is 7.23. The zero-order valence-corrected chi connectivity index (χ0v) is 10.7. The van der Waals surface area contributed by atoms with E-state index in [2.05, 4.69) is 0 Å². The number of benzene rings is 2. The molecule has 0 radical (unpaired) electrons. The predicted octanol–water partition coefficient (Wildman–Crippen LogP) is 2.96. The number of ether oxygens (including phenoxy) is 1. The first-order valence-corrected chi connectivity index (χ1v) is 5.77. The highest BCUT2D eigenvalue weighted by Crippen LogP contribution is 2.23. The lowest BCUT2D eigenvalue weighted by Crippen LogP contribution is -2.06. The molecule has 0 atom stereocenters. The molecule has 2 aromatic carbocycles. The van der Waals surface area contributed by atoms with Crippen LogP contribution >= 0.6 is 0 Å². The Balaban J connectivity index is 2.41. The van der Waals surface area contributed by atoms with Crippen LogP contribution in [0.3, 0.4) is 0 Å². The summed E-state index contributed by atoms with van der Waals surface area (Å²) < 4.78 is 18.5. The van der Waals surface area contributed by atoms with Crippen LogP contribution in [0.1, 0.15) is 21.5 Å². The number of hydrogen-bond donors (Lipinski definition) is 1. The van der Waals surface area contributed by atoms with Crippen LogP contribution in [0.4, 0.5) is 10.1 Å². The fourth-order valence-corrected chi connectivity index (χ4v) is 1.76. The van der Waals surface area contributed by atoms with E-state index in [0.717, 1.165) is 0 Å². The van der Waals surface area contributed by atoms with Crippen LogP contribution in [0, 0.1) is 12.7 Å². The van der Waals surface area contributed by atoms with Crippen molar-refractivity contribution in [3.63, 3.8) is 0 Å². The Bertz CT molecular complexity index is 638. The minimum Gasteiger partial charge on any atom is -0.497 e. The van der Waals surface area contributed by atoms with E-state index in [-0.39, 0.29) is 11.3 Å². The summed E-state index contributed by atoms with van der Waals surface area (Å²) in [6.45, 7) is 1.64. The molecule has 0 saturated heterocycles. The van der Waals surface area contributed by atoms with Crippen molar-refractivity contribution in [1.82, 2.24) is 0 Å². The maximum absolute atomic E-state index is 13.5. The quantitative estimate of drug-likeness (QED) is 0.681. The summed E-state index contributed by atoms with van der Waals surface area (Å²) in [4.78, 5) is 12.2. The molecule has 0 heterocycles. The number of methoxy groups -OCH3 is 1. The lowest BCUT2D eigenvalue weighted by atomic mass is 10.0. The summed E-state index contributed by atoms with van der Waals surface area (Å²) >= 11 is 0. The van der Waals surface area contributed by atoms with E-state index in [9.17, 15) is 9.18 Å². The maximum atomic E-state index is 13.5. The number of carbonyl (C=O) groups is 1. The van der Waals surface area contributed by atoms with E-state index in [4.69, 9.17) is 10.5 Å². The average Bonchev–Trinajstić information content (AvgIpc) is 2.41. The Hall–Kier alpha value is -2.36. The third-order valence-electron chi connectivity index (χ3n) is 2.94. The summed E-state index contributed by atoms with van der Waals surface area (Å²) in [5.74, 6) is -0.138. The van der Waals surface area contributed by atoms with Crippen LogP contribution in [0.5, 0.6) is 5.75 Å². The Morgan fingerprint density at radius 3 is 2.53 bits per heavy atom. The summed E-state index contributed by atoms with van der Waals surface area (Å²) in [7, 11) is 1.52. The van der Waals surface area contributed by atoms with Gasteiger partial charge in [-0.1, -0.05) is 12.1 Å². The fourth-order valence-electron chi connectivity index (χ4n) is 1.76. The van der Waals surface area contributed by atoms with Gasteiger partial charge < -0.3 is 10.5 Å². The van der Waals surface area contributed by atoms with Gasteiger partial charge in [-0.05, 0) is 30.7 Å². The van der Waals surface area contributed by atoms with E-state index in [1.807, 2.05) is 0 Å². The molecule has 0 amide bonds. The molecule has 0 aliphatic carbocycles. The monoisotopic (exact) mass is 259 g/mol. The molecule has 2 aromatic rings. The number of nitrogen functional groups attached to an aromatic ring is 1. The van der Waals surface area contributed by atoms with Crippen LogP contribution < -0.4 is 10.5 Å². The molecule has 19 heavy (non-hydrogen) atoms. The number of aryl methyl sites for hydroxylation is 1. The number of rotatable bonds is 3. The molecule has 0 aliphatic rings. The van der Waals surface area contributed by atoms with E-state index in [1.165, 1.54) is 13.2 Å². The third kappa shape index (κ3) is 2.57. The van der Waals surface area contributed by atoms with Gasteiger partial charge in [-0.3, -0.25) is 4.79 Å². The fraction of sp³-hybridized carbons (Fsp3) is 0.133. The minimum atomic E-state index is -0.405. The maximum Gasteiger partial charge on any atom is 0.195 e. The van der Waals surface area contributed by atoms with Crippen molar-refractivity contribution in [2.75, 3.05) is 12.8 Å². The first-order chi connectivity index (χ1) is 9.02. The van der Waals surface area contributed by atoms with Gasteiger partial charge in [0.25, 0.3) is 0 Å². The van der Waals surface area contributed by atoms with E-state index >= 15 is 0 Å². The molecular weight excluding hydrogens is 245 g/mol. The lowest BCUT2D eigenvalue weighted by molar-refractivity contribution is 0.103. The number of carbonyl (C=O) groups excluding carboxylic acids is 1. The Morgan fingerprint density at radius 1 is 1.21 bits per heavy atom. The van der Waals surface area contributed by atoms with E-state index < -0.39 is 5.82 Å². The van der Waals surface area contributed by atoms with Gasteiger partial charge in [-0.2, -0.15) is 0 Å². The molecule has 3 nitrogen and oxygen atoms in total. The minimum absolute atomic E-state index is 0.278. The topological polar surface area (TPSA) is 52.3 Å². The van der Waals surface area contributed by atoms with Crippen molar-refractivity contribution in [1.29, 1.82) is 0 Å². The number of nitrogens with two attached hydrogens (primary N) is 1. The van der Waals surface area contributed by atoms with Crippen molar-refractivity contribution in [3.8, 4) is 5.75 Å². The average molecular weight is 259 g/mol. The van der Waals surface area contributed by atoms with Crippen LogP contribution in [-0.4, -0.2) is 12.9 Å². The Morgan fingerprint density at radius 2 is 1.95 bits per heavy atom. The third-order valence-corrected chi connectivity index (χ3v) is 2.94. The highest BCUT2D eigenvalue weighted by atomic mass is 19.1. The number of hydrogen-bond acceptors (Lipinski definition) is 3. The van der Waals surface area contributed by atoms with Crippen molar-refractivity contribution < 1.29 is 13.9 Å². The van der Waals surface area contributed by atoms with E-state index in [0.29, 0.717) is 22.6 Å². The smallest absolute Gasteiger partial charge is 0.195 e. The molecule has 0 saturated carbocycles. The van der Waals surface area contributed by atoms with Crippen molar-refractivity contribution in [3.05, 3.63) is 58.9 Å². The molecule has 0 aliphatic heterocycles. The summed E-state index contributed by atoms with van der Waals surface area (Å²) in [6.07, 6.45) is 0.